The Morgan fingerprint density at radius 2 is 1.67 bits per heavy atom. The van der Waals surface area contributed by atoms with Crippen LogP contribution in [0.5, 0.6) is 0 Å². The Labute approximate surface area is 109 Å². The van der Waals surface area contributed by atoms with Gasteiger partial charge in [0, 0.05) is 24.8 Å². The van der Waals surface area contributed by atoms with E-state index in [1.807, 2.05) is 12.3 Å². The zero-order chi connectivity index (χ0) is 13.0. The first-order chi connectivity index (χ1) is 8.76. The van der Waals surface area contributed by atoms with Crippen LogP contribution >= 0.6 is 0 Å². The molecular formula is C16H20N2. The van der Waals surface area contributed by atoms with Gasteiger partial charge in [-0.25, -0.2) is 4.98 Å². The second-order valence-corrected chi connectivity index (χ2v) is 4.40. The molecule has 0 aliphatic carbocycles. The van der Waals surface area contributed by atoms with Crippen molar-refractivity contribution in [3.05, 3.63) is 48.2 Å². The van der Waals surface area contributed by atoms with Gasteiger partial charge in [-0.1, -0.05) is 30.3 Å². The van der Waals surface area contributed by atoms with Crippen molar-refractivity contribution in [2.75, 3.05) is 18.0 Å². The van der Waals surface area contributed by atoms with E-state index in [1.165, 1.54) is 16.7 Å². The molecule has 0 spiro atoms. The minimum atomic E-state index is 0.995. The number of benzene rings is 1. The Morgan fingerprint density at radius 3 is 2.22 bits per heavy atom. The maximum absolute atomic E-state index is 4.62. The van der Waals surface area contributed by atoms with Crippen LogP contribution in [0.2, 0.25) is 0 Å². The Kier molecular flexibility index (Phi) is 3.98. The van der Waals surface area contributed by atoms with Gasteiger partial charge in [-0.15, -0.1) is 0 Å². The highest BCUT2D eigenvalue weighted by molar-refractivity contribution is 5.65. The van der Waals surface area contributed by atoms with E-state index in [9.17, 15) is 0 Å². The van der Waals surface area contributed by atoms with Gasteiger partial charge in [0.05, 0.1) is 0 Å². The van der Waals surface area contributed by atoms with Crippen LogP contribution in [-0.2, 0) is 0 Å². The minimum absolute atomic E-state index is 0.995. The van der Waals surface area contributed by atoms with Gasteiger partial charge >= 0.3 is 0 Å². The monoisotopic (exact) mass is 240 g/mol. The van der Waals surface area contributed by atoms with E-state index >= 15 is 0 Å². The first kappa shape index (κ1) is 12.6. The minimum Gasteiger partial charge on any atom is -0.357 e. The Balaban J connectivity index is 2.36. The molecule has 0 amide bonds. The van der Waals surface area contributed by atoms with E-state index in [0.717, 1.165) is 18.9 Å². The van der Waals surface area contributed by atoms with Gasteiger partial charge in [0.2, 0.25) is 0 Å². The SMILES string of the molecule is CCN(CC)c1ncc(-c2ccccc2)cc1C. The molecule has 2 aromatic rings. The summed E-state index contributed by atoms with van der Waals surface area (Å²) in [6.07, 6.45) is 1.97. The lowest BCUT2D eigenvalue weighted by molar-refractivity contribution is 0.841. The van der Waals surface area contributed by atoms with Crippen molar-refractivity contribution in [2.45, 2.75) is 20.8 Å². The third kappa shape index (κ3) is 2.53. The number of aryl methyl sites for hydroxylation is 1. The molecule has 18 heavy (non-hydrogen) atoms. The average molecular weight is 240 g/mol. The molecule has 1 aromatic heterocycles. The van der Waals surface area contributed by atoms with Gasteiger partial charge in [0.1, 0.15) is 5.82 Å². The van der Waals surface area contributed by atoms with Gasteiger partial charge in [-0.05, 0) is 38.0 Å². The molecule has 2 rings (SSSR count). The van der Waals surface area contributed by atoms with Gasteiger partial charge in [-0.3, -0.25) is 0 Å². The van der Waals surface area contributed by atoms with E-state index < -0.39 is 0 Å². The second-order valence-electron chi connectivity index (χ2n) is 4.40. The molecule has 0 fully saturated rings. The van der Waals surface area contributed by atoms with Crippen LogP contribution < -0.4 is 4.90 Å². The number of anilines is 1. The first-order valence-corrected chi connectivity index (χ1v) is 6.53. The molecule has 2 heteroatoms. The Hall–Kier alpha value is -1.83. The molecule has 0 aliphatic rings. The lowest BCUT2D eigenvalue weighted by Gasteiger charge is -2.22. The highest BCUT2D eigenvalue weighted by Gasteiger charge is 2.08. The van der Waals surface area contributed by atoms with Crippen LogP contribution in [0.4, 0.5) is 5.82 Å². The first-order valence-electron chi connectivity index (χ1n) is 6.53. The van der Waals surface area contributed by atoms with Crippen LogP contribution in [0.3, 0.4) is 0 Å². The van der Waals surface area contributed by atoms with Gasteiger partial charge in [-0.2, -0.15) is 0 Å². The van der Waals surface area contributed by atoms with E-state index in [1.54, 1.807) is 0 Å². The fourth-order valence-electron chi connectivity index (χ4n) is 2.21. The molecule has 0 saturated heterocycles. The van der Waals surface area contributed by atoms with E-state index in [2.05, 4.69) is 61.0 Å². The van der Waals surface area contributed by atoms with Crippen LogP contribution in [0.25, 0.3) is 11.1 Å². The normalized spacial score (nSPS) is 10.4. The molecule has 0 unspecified atom stereocenters. The van der Waals surface area contributed by atoms with Crippen molar-refractivity contribution >= 4 is 5.82 Å². The molecule has 0 bridgehead atoms. The quantitative estimate of drug-likeness (QED) is 0.805. The summed E-state index contributed by atoms with van der Waals surface area (Å²) < 4.78 is 0. The second kappa shape index (κ2) is 5.67. The van der Waals surface area contributed by atoms with Crippen molar-refractivity contribution in [3.8, 4) is 11.1 Å². The summed E-state index contributed by atoms with van der Waals surface area (Å²) in [7, 11) is 0. The molecule has 0 N–H and O–H groups in total. The average Bonchev–Trinajstić information content (AvgIpc) is 2.43. The largest absolute Gasteiger partial charge is 0.357 e. The smallest absolute Gasteiger partial charge is 0.131 e. The topological polar surface area (TPSA) is 16.1 Å². The number of pyridine rings is 1. The maximum atomic E-state index is 4.62. The summed E-state index contributed by atoms with van der Waals surface area (Å²) in [4.78, 5) is 6.90. The van der Waals surface area contributed by atoms with Crippen LogP contribution in [0.15, 0.2) is 42.6 Å². The number of hydrogen-bond acceptors (Lipinski definition) is 2. The molecule has 1 heterocycles. The fourth-order valence-corrected chi connectivity index (χ4v) is 2.21. The van der Waals surface area contributed by atoms with Gasteiger partial charge in [0.25, 0.3) is 0 Å². The van der Waals surface area contributed by atoms with E-state index in [-0.39, 0.29) is 0 Å². The van der Waals surface area contributed by atoms with Gasteiger partial charge < -0.3 is 4.90 Å². The summed E-state index contributed by atoms with van der Waals surface area (Å²) in [5.41, 5.74) is 3.64. The summed E-state index contributed by atoms with van der Waals surface area (Å²) in [6, 6.07) is 12.6. The predicted octanol–water partition coefficient (Wildman–Crippen LogP) is 3.90. The molecule has 0 atom stereocenters. The number of nitrogens with zero attached hydrogens (tertiary/aromatic N) is 2. The Bertz CT molecular complexity index is 502. The molecule has 0 radical (unpaired) electrons. The zero-order valence-electron chi connectivity index (χ0n) is 11.4. The third-order valence-electron chi connectivity index (χ3n) is 3.22. The lowest BCUT2D eigenvalue weighted by Crippen LogP contribution is -2.23. The molecule has 2 nitrogen and oxygen atoms in total. The zero-order valence-corrected chi connectivity index (χ0v) is 11.4. The maximum Gasteiger partial charge on any atom is 0.131 e. The number of aromatic nitrogens is 1. The molecular weight excluding hydrogens is 220 g/mol. The van der Waals surface area contributed by atoms with E-state index in [4.69, 9.17) is 0 Å². The predicted molar refractivity (Wildman–Crippen MR) is 78.0 cm³/mol. The van der Waals surface area contributed by atoms with Crippen molar-refractivity contribution in [1.29, 1.82) is 0 Å². The molecule has 1 aromatic carbocycles. The summed E-state index contributed by atoms with van der Waals surface area (Å²) >= 11 is 0. The van der Waals surface area contributed by atoms with Crippen molar-refractivity contribution in [1.82, 2.24) is 4.98 Å². The summed E-state index contributed by atoms with van der Waals surface area (Å²) in [5, 5.41) is 0. The fraction of sp³-hybridized carbons (Fsp3) is 0.312. The molecule has 94 valence electrons. The third-order valence-corrected chi connectivity index (χ3v) is 3.22. The highest BCUT2D eigenvalue weighted by atomic mass is 15.2. The van der Waals surface area contributed by atoms with Crippen LogP contribution in [0.1, 0.15) is 19.4 Å². The van der Waals surface area contributed by atoms with Crippen molar-refractivity contribution < 1.29 is 0 Å². The standard InChI is InChI=1S/C16H20N2/c1-4-18(5-2)16-13(3)11-15(12-17-16)14-9-7-6-8-10-14/h6-12H,4-5H2,1-3H3. The van der Waals surface area contributed by atoms with Crippen molar-refractivity contribution in [3.63, 3.8) is 0 Å². The van der Waals surface area contributed by atoms with Crippen LogP contribution in [0, 0.1) is 6.92 Å². The van der Waals surface area contributed by atoms with Gasteiger partial charge in [0.15, 0.2) is 0 Å². The summed E-state index contributed by atoms with van der Waals surface area (Å²) in [5.74, 6) is 1.10. The molecule has 0 saturated carbocycles. The van der Waals surface area contributed by atoms with Crippen LogP contribution in [-0.4, -0.2) is 18.1 Å². The summed E-state index contributed by atoms with van der Waals surface area (Å²) in [6.45, 7) is 8.45. The Morgan fingerprint density at radius 1 is 1.00 bits per heavy atom. The van der Waals surface area contributed by atoms with Crippen molar-refractivity contribution in [2.24, 2.45) is 0 Å². The lowest BCUT2D eigenvalue weighted by atomic mass is 10.1. The highest BCUT2D eigenvalue weighted by Crippen LogP contribution is 2.24. The van der Waals surface area contributed by atoms with E-state index in [0.29, 0.717) is 0 Å². The molecule has 0 aliphatic heterocycles. The number of rotatable bonds is 4. The number of hydrogen-bond donors (Lipinski definition) is 0.